The predicted molar refractivity (Wildman–Crippen MR) is 312 cm³/mol. The zero-order valence-corrected chi connectivity index (χ0v) is 41.6. The van der Waals surface area contributed by atoms with Crippen LogP contribution in [0.5, 0.6) is 0 Å². The Hall–Kier alpha value is -9.84. The molecule has 0 aliphatic carbocycles. The Labute approximate surface area is 435 Å². The summed E-state index contributed by atoms with van der Waals surface area (Å²) < 4.78 is 7.21. The summed E-state index contributed by atoms with van der Waals surface area (Å²) in [5, 5.41) is 7.14. The first-order chi connectivity index (χ1) is 37.1. The van der Waals surface area contributed by atoms with E-state index in [1.165, 1.54) is 38.4 Å². The van der Waals surface area contributed by atoms with Crippen molar-refractivity contribution < 1.29 is 0 Å². The van der Waals surface area contributed by atoms with E-state index in [2.05, 4.69) is 288 Å². The smallest absolute Gasteiger partial charge is 0.145 e. The quantitative estimate of drug-likeness (QED) is 0.135. The number of fused-ring (bicyclic) bond motifs is 5. The van der Waals surface area contributed by atoms with Crippen molar-refractivity contribution in [3.05, 3.63) is 272 Å². The molecule has 75 heavy (non-hydrogen) atoms. The second-order valence-electron chi connectivity index (χ2n) is 19.4. The van der Waals surface area contributed by atoms with Crippen molar-refractivity contribution in [3.8, 4) is 84.9 Å². The fourth-order valence-corrected chi connectivity index (χ4v) is 11.5. The van der Waals surface area contributed by atoms with E-state index in [4.69, 9.17) is 9.97 Å². The maximum absolute atomic E-state index is 5.68. The minimum Gasteiger partial charge on any atom is -0.308 e. The molecule has 3 aromatic heterocycles. The van der Waals surface area contributed by atoms with E-state index < -0.39 is 0 Å². The van der Waals surface area contributed by atoms with Gasteiger partial charge in [-0.1, -0.05) is 206 Å². The number of para-hydroxylation sites is 2. The molecule has 0 saturated heterocycles. The van der Waals surface area contributed by atoms with Gasteiger partial charge in [-0.3, -0.25) is 9.13 Å². The van der Waals surface area contributed by atoms with Crippen LogP contribution in [-0.4, -0.2) is 23.7 Å². The van der Waals surface area contributed by atoms with Crippen LogP contribution in [0.1, 0.15) is 11.1 Å². The van der Waals surface area contributed by atoms with Crippen LogP contribution < -0.4 is 0 Å². The average Bonchev–Trinajstić information content (AvgIpc) is 4.21. The normalized spacial score (nSPS) is 11.6. The molecule has 14 aromatic rings. The Morgan fingerprint density at radius 1 is 0.280 bits per heavy atom. The van der Waals surface area contributed by atoms with Crippen LogP contribution in [0.25, 0.3) is 128 Å². The van der Waals surface area contributed by atoms with Gasteiger partial charge in [0.1, 0.15) is 11.6 Å². The molecule has 0 aliphatic heterocycles. The van der Waals surface area contributed by atoms with Crippen molar-refractivity contribution in [3.63, 3.8) is 0 Å². The van der Waals surface area contributed by atoms with Crippen LogP contribution in [0.2, 0.25) is 0 Å². The number of nitrogens with zero attached hydrogens (tertiary/aromatic N) is 5. The van der Waals surface area contributed by atoms with Gasteiger partial charge in [0.15, 0.2) is 0 Å². The van der Waals surface area contributed by atoms with Gasteiger partial charge in [-0.2, -0.15) is 0 Å². The molecule has 14 rings (SSSR count). The monoisotopic (exact) mass is 959 g/mol. The third-order valence-corrected chi connectivity index (χ3v) is 14.9. The largest absolute Gasteiger partial charge is 0.308 e. The number of imidazole rings is 2. The fourth-order valence-electron chi connectivity index (χ4n) is 11.5. The van der Waals surface area contributed by atoms with Crippen molar-refractivity contribution in [2.24, 2.45) is 0 Å². The number of benzene rings is 11. The highest BCUT2D eigenvalue weighted by molar-refractivity contribution is 6.17. The van der Waals surface area contributed by atoms with Gasteiger partial charge in [0.25, 0.3) is 0 Å². The van der Waals surface area contributed by atoms with Crippen LogP contribution in [-0.2, 0) is 0 Å². The number of hydrogen-bond donors (Lipinski definition) is 0. The zero-order chi connectivity index (χ0) is 50.0. The van der Waals surface area contributed by atoms with Crippen molar-refractivity contribution >= 4 is 43.4 Å². The Morgan fingerprint density at radius 2 is 0.667 bits per heavy atom. The molecule has 5 heteroatoms. The molecule has 0 radical (unpaired) electrons. The first-order valence-electron chi connectivity index (χ1n) is 25.7. The summed E-state index contributed by atoms with van der Waals surface area (Å²) in [6.45, 7) is 4.46. The summed E-state index contributed by atoms with van der Waals surface area (Å²) in [5.74, 6) is 1.72. The van der Waals surface area contributed by atoms with Gasteiger partial charge in [-0.05, 0) is 90.8 Å². The lowest BCUT2D eigenvalue weighted by Gasteiger charge is -2.18. The van der Waals surface area contributed by atoms with E-state index >= 15 is 0 Å². The summed E-state index contributed by atoms with van der Waals surface area (Å²) in [6.07, 6.45) is 0. The Morgan fingerprint density at radius 3 is 1.12 bits per heavy atom. The second-order valence-corrected chi connectivity index (χ2v) is 19.4. The summed E-state index contributed by atoms with van der Waals surface area (Å²) >= 11 is 0. The fraction of sp³-hybridized carbons (Fsp3) is 0.0286. The number of aromatic nitrogens is 5. The maximum atomic E-state index is 5.68. The molecule has 0 spiro atoms. The van der Waals surface area contributed by atoms with E-state index in [1.807, 2.05) is 0 Å². The molecule has 0 unspecified atom stereocenters. The average molecular weight is 960 g/mol. The molecule has 0 fully saturated rings. The molecule has 0 saturated carbocycles. The summed E-state index contributed by atoms with van der Waals surface area (Å²) in [4.78, 5) is 11.4. The van der Waals surface area contributed by atoms with E-state index in [0.29, 0.717) is 0 Å². The van der Waals surface area contributed by atoms with Gasteiger partial charge in [0.05, 0.1) is 39.5 Å². The van der Waals surface area contributed by atoms with Crippen molar-refractivity contribution in [2.45, 2.75) is 13.8 Å². The standard InChI is InChI=1S/C70H49N5/c1-46-37-40-58-59(43-46)47(2)56-35-21-22-36-57(56)68(58)75-62-41-38-52(69-71-64(48-23-9-3-10-24-48)66(50-27-13-5-14-28-50)73(69)54-31-17-7-18-32-54)44-60(62)61-45-53(39-42-63(61)75)70-72-65(49-25-11-4-12-26-49)67(51-29-15-6-16-30-51)74(70)55-33-19-8-20-34-55/h3-45H,1-2H3. The Balaban J connectivity index is 1.10. The molecule has 3 heterocycles. The lowest BCUT2D eigenvalue weighted by molar-refractivity contribution is 1.07. The summed E-state index contributed by atoms with van der Waals surface area (Å²) in [6, 6.07) is 93.6. The second kappa shape index (κ2) is 18.0. The number of aryl methyl sites for hydroxylation is 2. The van der Waals surface area contributed by atoms with Crippen LogP contribution in [0.3, 0.4) is 0 Å². The van der Waals surface area contributed by atoms with Gasteiger partial charge in [-0.25, -0.2) is 9.97 Å². The molecule has 11 aromatic carbocycles. The van der Waals surface area contributed by atoms with E-state index in [0.717, 1.165) is 101 Å². The highest BCUT2D eigenvalue weighted by atomic mass is 15.1. The minimum absolute atomic E-state index is 0.860. The highest BCUT2D eigenvalue weighted by Gasteiger charge is 2.27. The summed E-state index contributed by atoms with van der Waals surface area (Å²) in [5.41, 5.74) is 18.2. The Kier molecular flexibility index (Phi) is 10.6. The number of rotatable bonds is 9. The van der Waals surface area contributed by atoms with Crippen LogP contribution in [0.4, 0.5) is 0 Å². The van der Waals surface area contributed by atoms with Gasteiger partial charge in [0.2, 0.25) is 0 Å². The van der Waals surface area contributed by atoms with E-state index in [9.17, 15) is 0 Å². The third kappa shape index (κ3) is 7.31. The van der Waals surface area contributed by atoms with Crippen LogP contribution in [0, 0.1) is 13.8 Å². The first kappa shape index (κ1) is 43.9. The molecule has 0 aliphatic rings. The van der Waals surface area contributed by atoms with Gasteiger partial charge in [-0.15, -0.1) is 0 Å². The molecule has 5 nitrogen and oxygen atoms in total. The van der Waals surface area contributed by atoms with Gasteiger partial charge >= 0.3 is 0 Å². The predicted octanol–water partition coefficient (Wildman–Crippen LogP) is 18.1. The molecule has 0 amide bonds. The third-order valence-electron chi connectivity index (χ3n) is 14.9. The molecule has 0 N–H and O–H groups in total. The highest BCUT2D eigenvalue weighted by Crippen LogP contribution is 2.46. The van der Waals surface area contributed by atoms with E-state index in [1.54, 1.807) is 0 Å². The SMILES string of the molecule is Cc1ccc2c(-n3c4ccc(-c5nc(-c6ccccc6)c(-c6ccccc6)n5-c5ccccc5)cc4c4cc(-c5nc(-c6ccccc6)c(-c6ccccc6)n5-c5ccccc5)ccc43)c3ccccc3c(C)c2c1. The van der Waals surface area contributed by atoms with Crippen LogP contribution >= 0.6 is 0 Å². The molecular formula is C70H49N5. The topological polar surface area (TPSA) is 40.6 Å². The minimum atomic E-state index is 0.860. The van der Waals surface area contributed by atoms with Gasteiger partial charge < -0.3 is 4.57 Å². The molecule has 354 valence electrons. The molecule has 0 bridgehead atoms. The van der Waals surface area contributed by atoms with Gasteiger partial charge in [0, 0.05) is 66.3 Å². The Bertz CT molecular complexity index is 4220. The lowest BCUT2D eigenvalue weighted by atomic mass is 9.94. The van der Waals surface area contributed by atoms with Crippen LogP contribution in [0.15, 0.2) is 261 Å². The molecular weight excluding hydrogens is 911 g/mol. The van der Waals surface area contributed by atoms with E-state index in [-0.39, 0.29) is 0 Å². The van der Waals surface area contributed by atoms with Crippen molar-refractivity contribution in [1.82, 2.24) is 23.7 Å². The maximum Gasteiger partial charge on any atom is 0.145 e. The summed E-state index contributed by atoms with van der Waals surface area (Å²) in [7, 11) is 0. The van der Waals surface area contributed by atoms with Crippen molar-refractivity contribution in [1.29, 1.82) is 0 Å². The number of hydrogen-bond acceptors (Lipinski definition) is 2. The molecule has 0 atom stereocenters. The lowest BCUT2D eigenvalue weighted by Crippen LogP contribution is -2.01. The zero-order valence-electron chi connectivity index (χ0n) is 41.6. The van der Waals surface area contributed by atoms with Crippen molar-refractivity contribution in [2.75, 3.05) is 0 Å². The first-order valence-corrected chi connectivity index (χ1v) is 25.7.